The van der Waals surface area contributed by atoms with Crippen LogP contribution in [0.2, 0.25) is 0 Å². The van der Waals surface area contributed by atoms with E-state index in [1.807, 2.05) is 36.1 Å². The van der Waals surface area contributed by atoms with Gasteiger partial charge in [-0.25, -0.2) is 0 Å². The summed E-state index contributed by atoms with van der Waals surface area (Å²) in [4.78, 5) is 17.0. The molecule has 4 rings (SSSR count). The van der Waals surface area contributed by atoms with Crippen molar-refractivity contribution in [3.05, 3.63) is 41.5 Å². The fraction of sp³-hybridized carbons (Fsp3) is 0.615. The van der Waals surface area contributed by atoms with E-state index in [0.29, 0.717) is 5.41 Å². The van der Waals surface area contributed by atoms with E-state index in [9.17, 15) is 4.79 Å². The first-order chi connectivity index (χ1) is 15.5. The second kappa shape index (κ2) is 10.7. The zero-order valence-electron chi connectivity index (χ0n) is 19.4. The van der Waals surface area contributed by atoms with Crippen molar-refractivity contribution in [1.29, 1.82) is 0 Å². The van der Waals surface area contributed by atoms with E-state index in [1.165, 1.54) is 32.1 Å². The number of benzene rings is 1. The van der Waals surface area contributed by atoms with Crippen molar-refractivity contribution in [3.8, 4) is 5.75 Å². The Labute approximate surface area is 198 Å². The van der Waals surface area contributed by atoms with Gasteiger partial charge in [0.25, 0.3) is 5.91 Å². The normalized spacial score (nSPS) is 20.2. The maximum absolute atomic E-state index is 12.7. The number of allylic oxidation sites excluding steroid dienone is 1. The van der Waals surface area contributed by atoms with E-state index in [2.05, 4.69) is 16.3 Å². The Morgan fingerprint density at radius 2 is 1.88 bits per heavy atom. The number of para-hydroxylation sites is 1. The van der Waals surface area contributed by atoms with Crippen LogP contribution in [0.1, 0.15) is 56.9 Å². The Bertz CT molecular complexity index is 845. The minimum Gasteiger partial charge on any atom is -0.484 e. The molecule has 32 heavy (non-hydrogen) atoms. The second-order valence-corrected chi connectivity index (χ2v) is 10.1. The molecule has 1 aromatic carbocycles. The highest BCUT2D eigenvalue weighted by Gasteiger charge is 2.42. The summed E-state index contributed by atoms with van der Waals surface area (Å²) in [7, 11) is 0. The van der Waals surface area contributed by atoms with Gasteiger partial charge >= 0.3 is 0 Å². The van der Waals surface area contributed by atoms with Crippen molar-refractivity contribution < 1.29 is 9.53 Å². The van der Waals surface area contributed by atoms with Crippen molar-refractivity contribution in [2.45, 2.75) is 58.3 Å². The maximum atomic E-state index is 12.7. The van der Waals surface area contributed by atoms with Crippen LogP contribution in [0.4, 0.5) is 0 Å². The van der Waals surface area contributed by atoms with Crippen molar-refractivity contribution in [1.82, 2.24) is 15.1 Å². The lowest BCUT2D eigenvalue weighted by atomic mass is 9.78. The molecule has 3 aliphatic rings. The van der Waals surface area contributed by atoms with Gasteiger partial charge in [0, 0.05) is 32.7 Å². The topological polar surface area (TPSA) is 44.8 Å². The van der Waals surface area contributed by atoms with E-state index in [0.717, 1.165) is 68.4 Å². The van der Waals surface area contributed by atoms with E-state index < -0.39 is 0 Å². The molecule has 6 heteroatoms. The number of hydrogen-bond acceptors (Lipinski definition) is 3. The van der Waals surface area contributed by atoms with Gasteiger partial charge < -0.3 is 19.9 Å². The third-order valence-corrected chi connectivity index (χ3v) is 7.86. The van der Waals surface area contributed by atoms with Crippen molar-refractivity contribution in [3.63, 3.8) is 0 Å². The molecule has 0 unspecified atom stereocenters. The molecule has 0 saturated carbocycles. The van der Waals surface area contributed by atoms with Gasteiger partial charge in [-0.2, -0.15) is 0 Å². The maximum Gasteiger partial charge on any atom is 0.260 e. The molecule has 1 aromatic rings. The number of amides is 1. The first-order valence-electron chi connectivity index (χ1n) is 12.2. The first kappa shape index (κ1) is 23.1. The number of likely N-dealkylation sites (tertiary alicyclic amines) is 2. The molecule has 0 atom stereocenters. The van der Waals surface area contributed by atoms with Gasteiger partial charge in [-0.3, -0.25) is 4.79 Å². The minimum absolute atomic E-state index is 0.0900. The summed E-state index contributed by atoms with van der Waals surface area (Å²) >= 11 is 5.70. The second-order valence-electron chi connectivity index (χ2n) is 9.70. The Balaban J connectivity index is 1.18. The van der Waals surface area contributed by atoms with Crippen LogP contribution in [0.25, 0.3) is 0 Å². The van der Waals surface area contributed by atoms with Gasteiger partial charge in [0.2, 0.25) is 0 Å². The van der Waals surface area contributed by atoms with Gasteiger partial charge in [0.1, 0.15) is 5.75 Å². The molecule has 0 radical (unpaired) electrons. The SMILES string of the molecule is Cc1ccccc1OCC(=O)N1CCC2(CC1)CCN(C(=S)NCCC1=CCCCC1)C2. The van der Waals surface area contributed by atoms with Crippen LogP contribution in [0.5, 0.6) is 5.75 Å². The molecule has 2 fully saturated rings. The van der Waals surface area contributed by atoms with Gasteiger partial charge in [0.15, 0.2) is 11.7 Å². The number of piperidine rings is 1. The average molecular weight is 456 g/mol. The van der Waals surface area contributed by atoms with E-state index in [4.69, 9.17) is 17.0 Å². The molecule has 1 spiro atoms. The predicted octanol–water partition coefficient (Wildman–Crippen LogP) is 4.45. The number of nitrogens with one attached hydrogen (secondary N) is 1. The van der Waals surface area contributed by atoms with Crippen molar-refractivity contribution in [2.24, 2.45) is 5.41 Å². The molecule has 1 N–H and O–H groups in total. The molecule has 0 bridgehead atoms. The zero-order chi connectivity index (χ0) is 22.4. The zero-order valence-corrected chi connectivity index (χ0v) is 20.2. The summed E-state index contributed by atoms with van der Waals surface area (Å²) in [6.45, 7) is 6.74. The lowest BCUT2D eigenvalue weighted by Crippen LogP contribution is -2.47. The number of aryl methyl sites for hydroxylation is 1. The highest BCUT2D eigenvalue weighted by molar-refractivity contribution is 7.80. The smallest absolute Gasteiger partial charge is 0.260 e. The summed E-state index contributed by atoms with van der Waals surface area (Å²) in [5, 5.41) is 4.40. The molecule has 5 nitrogen and oxygen atoms in total. The van der Waals surface area contributed by atoms with Crippen molar-refractivity contribution >= 4 is 23.2 Å². The summed E-state index contributed by atoms with van der Waals surface area (Å²) in [6.07, 6.45) is 12.0. The third kappa shape index (κ3) is 5.83. The molecule has 1 aliphatic carbocycles. The summed E-state index contributed by atoms with van der Waals surface area (Å²) in [6, 6.07) is 7.84. The predicted molar refractivity (Wildman–Crippen MR) is 133 cm³/mol. The lowest BCUT2D eigenvalue weighted by molar-refractivity contribution is -0.135. The molecular weight excluding hydrogens is 418 g/mol. The van der Waals surface area contributed by atoms with Crippen LogP contribution in [0, 0.1) is 12.3 Å². The van der Waals surface area contributed by atoms with Crippen LogP contribution in [-0.4, -0.2) is 60.2 Å². The number of ether oxygens (including phenoxy) is 1. The number of thiocarbonyl (C=S) groups is 1. The monoisotopic (exact) mass is 455 g/mol. The molecule has 174 valence electrons. The number of carbonyl (C=O) groups is 1. The largest absolute Gasteiger partial charge is 0.484 e. The van der Waals surface area contributed by atoms with Crippen molar-refractivity contribution in [2.75, 3.05) is 39.3 Å². The van der Waals surface area contributed by atoms with E-state index in [1.54, 1.807) is 5.57 Å². The first-order valence-corrected chi connectivity index (χ1v) is 12.6. The Kier molecular flexibility index (Phi) is 7.71. The quantitative estimate of drug-likeness (QED) is 0.507. The number of nitrogens with zero attached hydrogens (tertiary/aromatic N) is 2. The van der Waals surface area contributed by atoms with Gasteiger partial charge in [0.05, 0.1) is 0 Å². The van der Waals surface area contributed by atoms with Crippen LogP contribution in [-0.2, 0) is 4.79 Å². The van der Waals surface area contributed by atoms with Gasteiger partial charge in [-0.1, -0.05) is 29.8 Å². The summed E-state index contributed by atoms with van der Waals surface area (Å²) in [5.74, 6) is 0.883. The Hall–Kier alpha value is -2.08. The summed E-state index contributed by atoms with van der Waals surface area (Å²) < 4.78 is 5.77. The lowest BCUT2D eigenvalue weighted by Gasteiger charge is -2.39. The highest BCUT2D eigenvalue weighted by atomic mass is 32.1. The molecule has 2 aliphatic heterocycles. The van der Waals surface area contributed by atoms with Gasteiger partial charge in [-0.05, 0) is 87.6 Å². The van der Waals surface area contributed by atoms with Crippen LogP contribution >= 0.6 is 12.2 Å². The summed E-state index contributed by atoms with van der Waals surface area (Å²) in [5.41, 5.74) is 2.95. The number of carbonyl (C=O) groups excluding carboxylic acids is 1. The minimum atomic E-state index is 0.0900. The Morgan fingerprint density at radius 1 is 1.12 bits per heavy atom. The fourth-order valence-corrected chi connectivity index (χ4v) is 5.53. The third-order valence-electron chi connectivity index (χ3n) is 7.45. The molecule has 0 aromatic heterocycles. The Morgan fingerprint density at radius 3 is 2.59 bits per heavy atom. The molecular formula is C26H37N3O2S. The van der Waals surface area contributed by atoms with E-state index >= 15 is 0 Å². The number of hydrogen-bond donors (Lipinski definition) is 1. The molecule has 2 saturated heterocycles. The van der Waals surface area contributed by atoms with Gasteiger partial charge in [-0.15, -0.1) is 0 Å². The van der Waals surface area contributed by atoms with Crippen LogP contribution < -0.4 is 10.1 Å². The number of rotatable bonds is 6. The van der Waals surface area contributed by atoms with Crippen LogP contribution in [0.3, 0.4) is 0 Å². The standard InChI is InChI=1S/C26H37N3O2S/c1-21-7-5-6-10-23(21)31-19-24(30)28-16-12-26(13-17-28)14-18-29(20-26)25(32)27-15-11-22-8-3-2-4-9-22/h5-8,10H,2-4,9,11-20H2,1H3,(H,27,32). The van der Waals surface area contributed by atoms with E-state index in [-0.39, 0.29) is 12.5 Å². The fourth-order valence-electron chi connectivity index (χ4n) is 5.27. The molecule has 1 amide bonds. The highest BCUT2D eigenvalue weighted by Crippen LogP contribution is 2.40. The average Bonchev–Trinajstić information content (AvgIpc) is 3.23. The molecule has 2 heterocycles. The van der Waals surface area contributed by atoms with Crippen LogP contribution in [0.15, 0.2) is 35.9 Å².